The quantitative estimate of drug-likeness (QED) is 0.749. The highest BCUT2D eigenvalue weighted by Crippen LogP contribution is 2.31. The van der Waals surface area contributed by atoms with Crippen LogP contribution in [0.5, 0.6) is 0 Å². The van der Waals surface area contributed by atoms with Crippen molar-refractivity contribution < 1.29 is 9.90 Å². The van der Waals surface area contributed by atoms with Crippen molar-refractivity contribution in [3.05, 3.63) is 18.0 Å². The molecule has 1 aromatic heterocycles. The van der Waals surface area contributed by atoms with E-state index in [0.717, 1.165) is 6.54 Å². The largest absolute Gasteiger partial charge is 0.392 e. The van der Waals surface area contributed by atoms with E-state index >= 15 is 0 Å². The first-order chi connectivity index (χ1) is 8.05. The van der Waals surface area contributed by atoms with Crippen LogP contribution in [0.15, 0.2) is 12.4 Å². The third kappa shape index (κ3) is 2.21. The molecule has 6 heteroatoms. The Labute approximate surface area is 99.5 Å². The number of amides is 1. The zero-order valence-electron chi connectivity index (χ0n) is 9.76. The van der Waals surface area contributed by atoms with Crippen molar-refractivity contribution in [2.24, 2.45) is 11.1 Å². The lowest BCUT2D eigenvalue weighted by Crippen LogP contribution is -2.37. The number of carbonyl (C=O) groups excluding carboxylic acids is 1. The lowest BCUT2D eigenvalue weighted by molar-refractivity contribution is -0.125. The van der Waals surface area contributed by atoms with Gasteiger partial charge in [0.2, 0.25) is 11.9 Å². The molecule has 1 amide bonds. The SMILES string of the molecule is CC1(C(N)=O)CCN(c2ncc(CO)cn2)C1. The number of nitrogens with zero attached hydrogens (tertiary/aromatic N) is 3. The maximum atomic E-state index is 11.3. The van der Waals surface area contributed by atoms with Gasteiger partial charge in [-0.05, 0) is 13.3 Å². The average Bonchev–Trinajstić information content (AvgIpc) is 2.74. The van der Waals surface area contributed by atoms with Crippen LogP contribution in [0.3, 0.4) is 0 Å². The summed E-state index contributed by atoms with van der Waals surface area (Å²) >= 11 is 0. The van der Waals surface area contributed by atoms with E-state index < -0.39 is 5.41 Å². The summed E-state index contributed by atoms with van der Waals surface area (Å²) in [5.74, 6) is 0.291. The number of anilines is 1. The Morgan fingerprint density at radius 1 is 1.59 bits per heavy atom. The predicted molar refractivity (Wildman–Crippen MR) is 62.1 cm³/mol. The predicted octanol–water partition coefficient (Wildman–Crippen LogP) is -0.329. The van der Waals surface area contributed by atoms with Gasteiger partial charge in [0.15, 0.2) is 0 Å². The molecule has 1 unspecified atom stereocenters. The molecule has 0 radical (unpaired) electrons. The molecule has 1 saturated heterocycles. The summed E-state index contributed by atoms with van der Waals surface area (Å²) in [7, 11) is 0. The van der Waals surface area contributed by atoms with Crippen molar-refractivity contribution in [3.63, 3.8) is 0 Å². The van der Waals surface area contributed by atoms with Crippen LogP contribution in [0.1, 0.15) is 18.9 Å². The van der Waals surface area contributed by atoms with Gasteiger partial charge >= 0.3 is 0 Å². The fraction of sp³-hybridized carbons (Fsp3) is 0.545. The van der Waals surface area contributed by atoms with Crippen LogP contribution in [0.4, 0.5) is 5.95 Å². The molecule has 1 aromatic rings. The highest BCUT2D eigenvalue weighted by molar-refractivity contribution is 5.81. The fourth-order valence-corrected chi connectivity index (χ4v) is 1.93. The number of aromatic nitrogens is 2. The first kappa shape index (κ1) is 11.8. The standard InChI is InChI=1S/C11H16N4O2/c1-11(9(12)17)2-3-15(7-11)10-13-4-8(6-16)5-14-10/h4-5,16H,2-3,6-7H2,1H3,(H2,12,17). The van der Waals surface area contributed by atoms with Crippen molar-refractivity contribution in [3.8, 4) is 0 Å². The zero-order chi connectivity index (χ0) is 12.5. The molecular formula is C11H16N4O2. The molecule has 1 atom stereocenters. The van der Waals surface area contributed by atoms with Crippen molar-refractivity contribution in [1.29, 1.82) is 0 Å². The first-order valence-electron chi connectivity index (χ1n) is 5.52. The van der Waals surface area contributed by atoms with E-state index in [1.165, 1.54) is 0 Å². The molecule has 2 heterocycles. The Kier molecular flexibility index (Phi) is 2.97. The van der Waals surface area contributed by atoms with E-state index in [9.17, 15) is 4.79 Å². The molecule has 2 rings (SSSR count). The molecule has 92 valence electrons. The van der Waals surface area contributed by atoms with Gasteiger partial charge in [-0.25, -0.2) is 9.97 Å². The number of carbonyl (C=O) groups is 1. The number of rotatable bonds is 3. The molecular weight excluding hydrogens is 220 g/mol. The van der Waals surface area contributed by atoms with Gasteiger partial charge in [0, 0.05) is 31.0 Å². The molecule has 1 aliphatic rings. The minimum atomic E-state index is -0.501. The summed E-state index contributed by atoms with van der Waals surface area (Å²) in [4.78, 5) is 21.6. The van der Waals surface area contributed by atoms with Crippen molar-refractivity contribution in [2.45, 2.75) is 20.0 Å². The Morgan fingerprint density at radius 3 is 2.71 bits per heavy atom. The summed E-state index contributed by atoms with van der Waals surface area (Å²) in [6.07, 6.45) is 3.89. The van der Waals surface area contributed by atoms with E-state index in [1.807, 2.05) is 11.8 Å². The molecule has 0 aromatic carbocycles. The summed E-state index contributed by atoms with van der Waals surface area (Å²) in [6, 6.07) is 0. The van der Waals surface area contributed by atoms with Gasteiger partial charge in [0.05, 0.1) is 12.0 Å². The van der Waals surface area contributed by atoms with E-state index in [0.29, 0.717) is 24.5 Å². The van der Waals surface area contributed by atoms with Crippen LogP contribution in [0.25, 0.3) is 0 Å². The van der Waals surface area contributed by atoms with Crippen LogP contribution in [-0.4, -0.2) is 34.1 Å². The smallest absolute Gasteiger partial charge is 0.225 e. The van der Waals surface area contributed by atoms with E-state index in [1.54, 1.807) is 12.4 Å². The lowest BCUT2D eigenvalue weighted by Gasteiger charge is -2.20. The van der Waals surface area contributed by atoms with Gasteiger partial charge in [-0.1, -0.05) is 0 Å². The monoisotopic (exact) mass is 236 g/mol. The van der Waals surface area contributed by atoms with Crippen molar-refractivity contribution in [1.82, 2.24) is 9.97 Å². The maximum absolute atomic E-state index is 11.3. The van der Waals surface area contributed by atoms with Gasteiger partial charge in [-0.3, -0.25) is 4.79 Å². The molecule has 17 heavy (non-hydrogen) atoms. The summed E-state index contributed by atoms with van der Waals surface area (Å²) < 4.78 is 0. The second-order valence-electron chi connectivity index (χ2n) is 4.65. The second-order valence-corrected chi connectivity index (χ2v) is 4.65. The zero-order valence-corrected chi connectivity index (χ0v) is 9.76. The highest BCUT2D eigenvalue weighted by Gasteiger charge is 2.39. The number of hydrogen-bond acceptors (Lipinski definition) is 5. The van der Waals surface area contributed by atoms with Crippen LogP contribution >= 0.6 is 0 Å². The highest BCUT2D eigenvalue weighted by atomic mass is 16.3. The third-order valence-electron chi connectivity index (χ3n) is 3.23. The van der Waals surface area contributed by atoms with E-state index in [4.69, 9.17) is 10.8 Å². The molecule has 1 aliphatic heterocycles. The molecule has 0 bridgehead atoms. The van der Waals surface area contributed by atoms with Gasteiger partial charge in [0.25, 0.3) is 0 Å². The Hall–Kier alpha value is -1.69. The van der Waals surface area contributed by atoms with E-state index in [-0.39, 0.29) is 12.5 Å². The topological polar surface area (TPSA) is 92.3 Å². The average molecular weight is 236 g/mol. The van der Waals surface area contributed by atoms with Gasteiger partial charge < -0.3 is 15.7 Å². The minimum absolute atomic E-state index is 0.0702. The van der Waals surface area contributed by atoms with Gasteiger partial charge in [0.1, 0.15) is 0 Å². The summed E-state index contributed by atoms with van der Waals surface area (Å²) in [6.45, 7) is 3.05. The number of primary amides is 1. The Balaban J connectivity index is 2.12. The van der Waals surface area contributed by atoms with Crippen LogP contribution in [0.2, 0.25) is 0 Å². The lowest BCUT2D eigenvalue weighted by atomic mass is 9.89. The number of aliphatic hydroxyl groups is 1. The molecule has 0 aliphatic carbocycles. The van der Waals surface area contributed by atoms with Crippen LogP contribution in [-0.2, 0) is 11.4 Å². The number of hydrogen-bond donors (Lipinski definition) is 2. The van der Waals surface area contributed by atoms with Gasteiger partial charge in [-0.2, -0.15) is 0 Å². The molecule has 0 spiro atoms. The Bertz CT molecular complexity index is 420. The van der Waals surface area contributed by atoms with Crippen LogP contribution in [0, 0.1) is 5.41 Å². The van der Waals surface area contributed by atoms with Gasteiger partial charge in [-0.15, -0.1) is 0 Å². The van der Waals surface area contributed by atoms with Crippen LogP contribution < -0.4 is 10.6 Å². The molecule has 6 nitrogen and oxygen atoms in total. The van der Waals surface area contributed by atoms with Crippen molar-refractivity contribution >= 4 is 11.9 Å². The second kappa shape index (κ2) is 4.29. The first-order valence-corrected chi connectivity index (χ1v) is 5.52. The van der Waals surface area contributed by atoms with Crippen molar-refractivity contribution in [2.75, 3.05) is 18.0 Å². The molecule has 1 fully saturated rings. The summed E-state index contributed by atoms with van der Waals surface area (Å²) in [5, 5.41) is 8.89. The minimum Gasteiger partial charge on any atom is -0.392 e. The molecule has 3 N–H and O–H groups in total. The number of nitrogens with two attached hydrogens (primary N) is 1. The normalized spacial score (nSPS) is 24.0. The molecule has 0 saturated carbocycles. The van der Waals surface area contributed by atoms with E-state index in [2.05, 4.69) is 9.97 Å². The number of aliphatic hydroxyl groups excluding tert-OH is 1. The fourth-order valence-electron chi connectivity index (χ4n) is 1.93. The third-order valence-corrected chi connectivity index (χ3v) is 3.23. The summed E-state index contributed by atoms with van der Waals surface area (Å²) in [5.41, 5.74) is 5.55. The maximum Gasteiger partial charge on any atom is 0.225 e. The Morgan fingerprint density at radius 2 is 2.24 bits per heavy atom.